The van der Waals surface area contributed by atoms with Gasteiger partial charge in [0.25, 0.3) is 5.91 Å². The van der Waals surface area contributed by atoms with E-state index in [1.807, 2.05) is 32.9 Å². The predicted molar refractivity (Wildman–Crippen MR) is 131 cm³/mol. The lowest BCUT2D eigenvalue weighted by molar-refractivity contribution is -0.128. The fourth-order valence-electron chi connectivity index (χ4n) is 3.54. The Morgan fingerprint density at radius 1 is 1.23 bits per heavy atom. The van der Waals surface area contributed by atoms with Crippen LogP contribution >= 0.6 is 20.3 Å². The summed E-state index contributed by atoms with van der Waals surface area (Å²) in [5.74, 6) is 0.401. The molecule has 0 fully saturated rings. The molecule has 0 bridgehead atoms. The number of aliphatic hydroxyl groups excluding tert-OH is 2. The lowest BCUT2D eigenvalue weighted by atomic mass is 9.84. The molecule has 1 aromatic carbocycles. The number of aliphatic hydroxyl groups is 2. The highest BCUT2D eigenvalue weighted by Crippen LogP contribution is 2.39. The summed E-state index contributed by atoms with van der Waals surface area (Å²) >= 11 is 6.06. The first-order valence-corrected chi connectivity index (χ1v) is 11.9. The Labute approximate surface area is 192 Å². The molecule has 2 aliphatic heterocycles. The standard InChI is InChI=1S/C21H29ClN3O2P.C2H6O/c1-20(2,3)9-10-25-17(21(4,5)6)16(26)15(19(25)27)18-23-13-8-7-12(22)11-14(13)28-24-18;1-2-3/h7-8,11,17,26,28H,9-10H2,1-6H3,(H,23,24);3H,2H2,1H3. The average Bonchev–Trinajstić information content (AvgIpc) is 2.89. The summed E-state index contributed by atoms with van der Waals surface area (Å²) in [6.45, 7) is 15.1. The largest absolute Gasteiger partial charge is 0.509 e. The monoisotopic (exact) mass is 467 g/mol. The molecule has 1 aromatic rings. The highest BCUT2D eigenvalue weighted by molar-refractivity contribution is 7.46. The second kappa shape index (κ2) is 9.89. The zero-order valence-corrected chi connectivity index (χ0v) is 21.3. The lowest BCUT2D eigenvalue weighted by Gasteiger charge is -2.36. The lowest BCUT2D eigenvalue weighted by Crippen LogP contribution is -2.45. The topological polar surface area (TPSA) is 85.2 Å². The van der Waals surface area contributed by atoms with Crippen molar-refractivity contribution in [2.24, 2.45) is 15.8 Å². The number of fused-ring (bicyclic) bond motifs is 1. The van der Waals surface area contributed by atoms with Crippen LogP contribution in [0.25, 0.3) is 0 Å². The first-order chi connectivity index (χ1) is 14.3. The zero-order chi connectivity index (χ0) is 23.6. The summed E-state index contributed by atoms with van der Waals surface area (Å²) < 4.78 is 0. The van der Waals surface area contributed by atoms with Gasteiger partial charge in [0.1, 0.15) is 17.2 Å². The molecule has 0 spiro atoms. The minimum Gasteiger partial charge on any atom is -0.509 e. The highest BCUT2D eigenvalue weighted by atomic mass is 35.5. The number of halogens is 1. The van der Waals surface area contributed by atoms with Gasteiger partial charge in [0.15, 0.2) is 0 Å². The van der Waals surface area contributed by atoms with Gasteiger partial charge in [-0.3, -0.25) is 4.79 Å². The van der Waals surface area contributed by atoms with Crippen LogP contribution in [0.3, 0.4) is 0 Å². The van der Waals surface area contributed by atoms with Gasteiger partial charge in [-0.25, -0.2) is 4.99 Å². The number of aliphatic imine (C=N–C) groups is 1. The molecule has 2 heterocycles. The second-order valence-corrected chi connectivity index (χ2v) is 11.5. The third-order valence-electron chi connectivity index (χ3n) is 4.97. The molecule has 6 nitrogen and oxygen atoms in total. The summed E-state index contributed by atoms with van der Waals surface area (Å²) in [5, 5.41) is 23.5. The quantitative estimate of drug-likeness (QED) is 0.563. The molecule has 0 radical (unpaired) electrons. The second-order valence-electron chi connectivity index (χ2n) is 10.0. The zero-order valence-electron chi connectivity index (χ0n) is 19.5. The number of nitrogens with zero attached hydrogens (tertiary/aromatic N) is 2. The molecule has 3 N–H and O–H groups in total. The van der Waals surface area contributed by atoms with Gasteiger partial charge in [-0.15, -0.1) is 0 Å². The van der Waals surface area contributed by atoms with E-state index in [-0.39, 0.29) is 43.9 Å². The number of amides is 1. The van der Waals surface area contributed by atoms with Gasteiger partial charge in [0.05, 0.1) is 11.7 Å². The molecule has 2 aliphatic rings. The number of carbonyl (C=O) groups is 1. The van der Waals surface area contributed by atoms with Crippen molar-refractivity contribution in [1.29, 1.82) is 0 Å². The number of nitrogens with one attached hydrogen (secondary N) is 1. The van der Waals surface area contributed by atoms with Crippen LogP contribution < -0.4 is 10.4 Å². The van der Waals surface area contributed by atoms with Crippen molar-refractivity contribution in [3.05, 3.63) is 34.6 Å². The summed E-state index contributed by atoms with van der Waals surface area (Å²) in [6.07, 6.45) is 0.856. The number of carbonyl (C=O) groups excluding carboxylic acids is 1. The van der Waals surface area contributed by atoms with Crippen LogP contribution in [0.1, 0.15) is 54.9 Å². The molecule has 172 valence electrons. The Morgan fingerprint density at radius 3 is 2.39 bits per heavy atom. The molecule has 2 atom stereocenters. The van der Waals surface area contributed by atoms with Crippen molar-refractivity contribution in [3.8, 4) is 0 Å². The van der Waals surface area contributed by atoms with Gasteiger partial charge in [0.2, 0.25) is 0 Å². The van der Waals surface area contributed by atoms with Gasteiger partial charge < -0.3 is 20.2 Å². The summed E-state index contributed by atoms with van der Waals surface area (Å²) in [4.78, 5) is 19.7. The van der Waals surface area contributed by atoms with Gasteiger partial charge >= 0.3 is 0 Å². The van der Waals surface area contributed by atoms with E-state index in [1.165, 1.54) is 0 Å². The Balaban J connectivity index is 0.00000107. The van der Waals surface area contributed by atoms with E-state index >= 15 is 0 Å². The number of benzene rings is 1. The van der Waals surface area contributed by atoms with Crippen LogP contribution in [-0.4, -0.2) is 46.0 Å². The molecular formula is C23H35ClN3O3P. The average molecular weight is 468 g/mol. The van der Waals surface area contributed by atoms with Gasteiger partial charge in [0, 0.05) is 32.2 Å². The van der Waals surface area contributed by atoms with E-state index in [9.17, 15) is 9.90 Å². The Kier molecular flexibility index (Phi) is 8.18. The SMILES string of the molecule is CC(C)(C)CCN1C(=O)C(C2=Nc3ccc(Cl)cc3PN2)=C(O)C1C(C)(C)C.CCO. The third-order valence-corrected chi connectivity index (χ3v) is 6.23. The fourth-order valence-corrected chi connectivity index (χ4v) is 4.73. The van der Waals surface area contributed by atoms with Gasteiger partial charge in [-0.2, -0.15) is 0 Å². The smallest absolute Gasteiger partial charge is 0.261 e. The van der Waals surface area contributed by atoms with Crippen molar-refractivity contribution in [3.63, 3.8) is 0 Å². The van der Waals surface area contributed by atoms with Crippen molar-refractivity contribution in [2.45, 2.75) is 60.9 Å². The Bertz CT molecular complexity index is 885. The normalized spacial score (nSPS) is 19.6. The molecule has 0 saturated carbocycles. The van der Waals surface area contributed by atoms with Crippen molar-refractivity contribution < 1.29 is 15.0 Å². The van der Waals surface area contributed by atoms with Crippen molar-refractivity contribution >= 4 is 43.1 Å². The molecule has 0 saturated heterocycles. The van der Waals surface area contributed by atoms with Crippen LogP contribution in [0.5, 0.6) is 0 Å². The van der Waals surface area contributed by atoms with E-state index in [0.29, 0.717) is 23.0 Å². The van der Waals surface area contributed by atoms with E-state index in [0.717, 1.165) is 17.4 Å². The van der Waals surface area contributed by atoms with Gasteiger partial charge in [-0.05, 0) is 42.4 Å². The molecular weight excluding hydrogens is 433 g/mol. The van der Waals surface area contributed by atoms with Crippen LogP contribution in [-0.2, 0) is 4.79 Å². The van der Waals surface area contributed by atoms with E-state index in [2.05, 4.69) is 30.9 Å². The maximum atomic E-state index is 13.3. The molecule has 2 unspecified atom stereocenters. The van der Waals surface area contributed by atoms with Crippen LogP contribution in [0.2, 0.25) is 5.02 Å². The number of hydrogen-bond donors (Lipinski definition) is 3. The summed E-state index contributed by atoms with van der Waals surface area (Å²) in [5.41, 5.74) is 0.885. The maximum absolute atomic E-state index is 13.3. The Morgan fingerprint density at radius 2 is 1.84 bits per heavy atom. The van der Waals surface area contributed by atoms with Crippen LogP contribution in [0, 0.1) is 10.8 Å². The number of rotatable bonds is 3. The first kappa shape index (κ1) is 25.6. The van der Waals surface area contributed by atoms with Crippen LogP contribution in [0.15, 0.2) is 34.5 Å². The minimum atomic E-state index is -0.364. The number of amidine groups is 1. The fraction of sp³-hybridized carbons (Fsp3) is 0.565. The number of hydrogen-bond acceptors (Lipinski definition) is 5. The van der Waals surface area contributed by atoms with E-state index in [4.69, 9.17) is 16.7 Å². The maximum Gasteiger partial charge on any atom is 0.261 e. The molecule has 8 heteroatoms. The minimum absolute atomic E-state index is 0.0985. The Hall–Kier alpha value is -1.62. The highest BCUT2D eigenvalue weighted by Gasteiger charge is 2.47. The molecule has 0 aliphatic carbocycles. The molecule has 3 rings (SSSR count). The molecule has 1 amide bonds. The molecule has 31 heavy (non-hydrogen) atoms. The summed E-state index contributed by atoms with van der Waals surface area (Å²) in [6, 6.07) is 5.15. The van der Waals surface area contributed by atoms with Crippen LogP contribution in [0.4, 0.5) is 5.69 Å². The van der Waals surface area contributed by atoms with Crippen molar-refractivity contribution in [1.82, 2.24) is 9.99 Å². The molecule has 0 aromatic heterocycles. The van der Waals surface area contributed by atoms with E-state index in [1.54, 1.807) is 17.9 Å². The summed E-state index contributed by atoms with van der Waals surface area (Å²) in [7, 11) is 0.237. The van der Waals surface area contributed by atoms with E-state index < -0.39 is 0 Å². The first-order valence-electron chi connectivity index (χ1n) is 10.6. The van der Waals surface area contributed by atoms with Gasteiger partial charge in [-0.1, -0.05) is 53.1 Å². The third kappa shape index (κ3) is 6.21. The van der Waals surface area contributed by atoms with Crippen molar-refractivity contribution in [2.75, 3.05) is 13.2 Å². The predicted octanol–water partition coefficient (Wildman–Crippen LogP) is 4.70.